The highest BCUT2D eigenvalue weighted by Crippen LogP contribution is 2.25. The molecule has 4 heteroatoms. The summed E-state index contributed by atoms with van der Waals surface area (Å²) < 4.78 is 0. The molecule has 4 nitrogen and oxygen atoms in total. The van der Waals surface area contributed by atoms with Gasteiger partial charge in [0.2, 0.25) is 0 Å². The van der Waals surface area contributed by atoms with Crippen LogP contribution >= 0.6 is 0 Å². The van der Waals surface area contributed by atoms with Crippen LogP contribution in [0.2, 0.25) is 0 Å². The number of phenolic OH excluding ortho intramolecular Hbond substituents is 2. The van der Waals surface area contributed by atoms with Crippen molar-refractivity contribution < 1.29 is 10.2 Å². The lowest BCUT2D eigenvalue weighted by atomic mass is 10.1. The summed E-state index contributed by atoms with van der Waals surface area (Å²) >= 11 is 0. The minimum Gasteiger partial charge on any atom is -0.508 e. The van der Waals surface area contributed by atoms with Crippen molar-refractivity contribution in [3.63, 3.8) is 0 Å². The molecule has 0 aromatic heterocycles. The fraction of sp³-hybridized carbons (Fsp3) is 0.250. The van der Waals surface area contributed by atoms with Crippen molar-refractivity contribution in [2.75, 3.05) is 6.54 Å². The Balaban J connectivity index is 3.01. The molecular formula is C8H12N2O2. The first-order valence-corrected chi connectivity index (χ1v) is 3.62. The molecule has 1 atom stereocenters. The van der Waals surface area contributed by atoms with Crippen LogP contribution in [0.5, 0.6) is 11.5 Å². The van der Waals surface area contributed by atoms with Gasteiger partial charge in [-0.15, -0.1) is 0 Å². The lowest BCUT2D eigenvalue weighted by Gasteiger charge is -2.10. The molecule has 0 fully saturated rings. The van der Waals surface area contributed by atoms with Gasteiger partial charge in [0.25, 0.3) is 0 Å². The summed E-state index contributed by atoms with van der Waals surface area (Å²) in [5.74, 6) is -0.00609. The molecule has 1 rings (SSSR count). The largest absolute Gasteiger partial charge is 0.508 e. The summed E-state index contributed by atoms with van der Waals surface area (Å²) in [6.45, 7) is 0.262. The lowest BCUT2D eigenvalue weighted by Crippen LogP contribution is -2.20. The van der Waals surface area contributed by atoms with Crippen LogP contribution in [0.25, 0.3) is 0 Å². The zero-order valence-electron chi connectivity index (χ0n) is 6.57. The fourth-order valence-electron chi connectivity index (χ4n) is 0.973. The molecule has 0 heterocycles. The van der Waals surface area contributed by atoms with Gasteiger partial charge >= 0.3 is 0 Å². The van der Waals surface area contributed by atoms with Crippen LogP contribution in [0.1, 0.15) is 11.6 Å². The van der Waals surface area contributed by atoms with Crippen LogP contribution in [0.15, 0.2) is 18.2 Å². The first-order valence-electron chi connectivity index (χ1n) is 3.62. The third-order valence-corrected chi connectivity index (χ3v) is 1.67. The highest BCUT2D eigenvalue weighted by Gasteiger charge is 2.08. The summed E-state index contributed by atoms with van der Waals surface area (Å²) in [7, 11) is 0. The van der Waals surface area contributed by atoms with E-state index in [-0.39, 0.29) is 24.1 Å². The van der Waals surface area contributed by atoms with Gasteiger partial charge in [0.1, 0.15) is 11.5 Å². The molecule has 0 aliphatic rings. The minimum atomic E-state index is -0.384. The Bertz CT molecular complexity index is 276. The zero-order valence-corrected chi connectivity index (χ0v) is 6.57. The van der Waals surface area contributed by atoms with E-state index in [1.54, 1.807) is 6.07 Å². The number of hydrogen-bond donors (Lipinski definition) is 4. The van der Waals surface area contributed by atoms with Crippen molar-refractivity contribution in [2.45, 2.75) is 6.04 Å². The Morgan fingerprint density at radius 3 is 2.50 bits per heavy atom. The van der Waals surface area contributed by atoms with Crippen LogP contribution in [0.4, 0.5) is 0 Å². The van der Waals surface area contributed by atoms with Crippen LogP contribution in [0, 0.1) is 0 Å². The average molecular weight is 168 g/mol. The number of benzene rings is 1. The van der Waals surface area contributed by atoms with Crippen LogP contribution in [0.3, 0.4) is 0 Å². The van der Waals surface area contributed by atoms with Gasteiger partial charge in [0, 0.05) is 24.2 Å². The van der Waals surface area contributed by atoms with E-state index in [9.17, 15) is 5.11 Å². The molecule has 0 bridgehead atoms. The Hall–Kier alpha value is -1.26. The molecule has 0 saturated carbocycles. The highest BCUT2D eigenvalue weighted by molar-refractivity contribution is 5.40. The van der Waals surface area contributed by atoms with Gasteiger partial charge < -0.3 is 21.7 Å². The first-order chi connectivity index (χ1) is 5.65. The number of phenols is 2. The fourth-order valence-corrected chi connectivity index (χ4v) is 0.973. The van der Waals surface area contributed by atoms with Gasteiger partial charge in [-0.1, -0.05) is 6.07 Å². The van der Waals surface area contributed by atoms with Crippen LogP contribution < -0.4 is 11.5 Å². The molecule has 66 valence electrons. The van der Waals surface area contributed by atoms with Crippen molar-refractivity contribution in [2.24, 2.45) is 11.5 Å². The Kier molecular flexibility index (Phi) is 2.52. The summed E-state index contributed by atoms with van der Waals surface area (Å²) in [4.78, 5) is 0. The molecule has 0 unspecified atom stereocenters. The zero-order chi connectivity index (χ0) is 9.14. The summed E-state index contributed by atoms with van der Waals surface area (Å²) in [6, 6.07) is 3.88. The van der Waals surface area contributed by atoms with Gasteiger partial charge in [-0.2, -0.15) is 0 Å². The molecule has 0 amide bonds. The van der Waals surface area contributed by atoms with Crippen molar-refractivity contribution in [3.05, 3.63) is 23.8 Å². The predicted molar refractivity (Wildman–Crippen MR) is 45.8 cm³/mol. The van der Waals surface area contributed by atoms with Crippen LogP contribution in [-0.2, 0) is 0 Å². The number of rotatable bonds is 2. The van der Waals surface area contributed by atoms with E-state index in [2.05, 4.69) is 0 Å². The van der Waals surface area contributed by atoms with E-state index in [0.29, 0.717) is 5.56 Å². The Morgan fingerprint density at radius 2 is 2.00 bits per heavy atom. The van der Waals surface area contributed by atoms with Crippen molar-refractivity contribution in [1.29, 1.82) is 0 Å². The van der Waals surface area contributed by atoms with Gasteiger partial charge in [-0.25, -0.2) is 0 Å². The lowest BCUT2D eigenvalue weighted by molar-refractivity contribution is 0.442. The van der Waals surface area contributed by atoms with Crippen molar-refractivity contribution >= 4 is 0 Å². The molecule has 1 aromatic rings. The van der Waals surface area contributed by atoms with E-state index in [1.807, 2.05) is 0 Å². The molecule has 12 heavy (non-hydrogen) atoms. The molecular weight excluding hydrogens is 156 g/mol. The third-order valence-electron chi connectivity index (χ3n) is 1.67. The van der Waals surface area contributed by atoms with Crippen LogP contribution in [-0.4, -0.2) is 16.8 Å². The number of nitrogens with two attached hydrogens (primary N) is 2. The van der Waals surface area contributed by atoms with Gasteiger partial charge in [-0.05, 0) is 6.07 Å². The highest BCUT2D eigenvalue weighted by atomic mass is 16.3. The standard InChI is InChI=1S/C8H12N2O2/c9-4-7(10)6-2-1-5(11)3-8(6)12/h1-3,7,11-12H,4,9-10H2/t7-/m1/s1. The molecule has 0 aliphatic heterocycles. The average Bonchev–Trinajstić information content (AvgIpc) is 2.03. The third kappa shape index (κ3) is 1.66. The predicted octanol–water partition coefficient (Wildman–Crippen LogP) is 0.0563. The summed E-state index contributed by atoms with van der Waals surface area (Å²) in [5, 5.41) is 18.3. The number of aromatic hydroxyl groups is 2. The second kappa shape index (κ2) is 3.42. The smallest absolute Gasteiger partial charge is 0.124 e. The topological polar surface area (TPSA) is 92.5 Å². The van der Waals surface area contributed by atoms with E-state index < -0.39 is 0 Å². The quantitative estimate of drug-likeness (QED) is 0.502. The van der Waals surface area contributed by atoms with Gasteiger partial charge in [0.15, 0.2) is 0 Å². The maximum atomic E-state index is 9.30. The summed E-state index contributed by atoms with van der Waals surface area (Å²) in [6.07, 6.45) is 0. The number of hydrogen-bond acceptors (Lipinski definition) is 4. The van der Waals surface area contributed by atoms with E-state index in [4.69, 9.17) is 16.6 Å². The normalized spacial score (nSPS) is 12.8. The Labute approximate surface area is 70.4 Å². The minimum absolute atomic E-state index is 0.0143. The van der Waals surface area contributed by atoms with Gasteiger partial charge in [0.05, 0.1) is 0 Å². The van der Waals surface area contributed by atoms with Gasteiger partial charge in [-0.3, -0.25) is 0 Å². The maximum Gasteiger partial charge on any atom is 0.124 e. The maximum absolute atomic E-state index is 9.30. The second-order valence-corrected chi connectivity index (χ2v) is 2.59. The Morgan fingerprint density at radius 1 is 1.33 bits per heavy atom. The van der Waals surface area contributed by atoms with E-state index in [1.165, 1.54) is 12.1 Å². The molecule has 0 aliphatic carbocycles. The SMILES string of the molecule is NC[C@@H](N)c1ccc(O)cc1O. The molecule has 6 N–H and O–H groups in total. The molecule has 0 spiro atoms. The summed E-state index contributed by atoms with van der Waals surface area (Å²) in [5.41, 5.74) is 11.4. The van der Waals surface area contributed by atoms with Crippen molar-refractivity contribution in [1.82, 2.24) is 0 Å². The first kappa shape index (κ1) is 8.83. The molecule has 0 saturated heterocycles. The monoisotopic (exact) mass is 168 g/mol. The molecule has 1 aromatic carbocycles. The second-order valence-electron chi connectivity index (χ2n) is 2.59. The van der Waals surface area contributed by atoms with E-state index in [0.717, 1.165) is 0 Å². The van der Waals surface area contributed by atoms with Crippen molar-refractivity contribution in [3.8, 4) is 11.5 Å². The van der Waals surface area contributed by atoms with E-state index >= 15 is 0 Å². The molecule has 0 radical (unpaired) electrons.